The summed E-state index contributed by atoms with van der Waals surface area (Å²) in [5.74, 6) is -2.07. The Morgan fingerprint density at radius 1 is 0.379 bits per heavy atom. The van der Waals surface area contributed by atoms with Crippen LogP contribution >= 0.6 is 0 Å². The van der Waals surface area contributed by atoms with Crippen LogP contribution in [0.3, 0.4) is 0 Å². The third kappa shape index (κ3) is 56.8. The van der Waals surface area contributed by atoms with E-state index in [1.165, 1.54) is 6.92 Å². The fourth-order valence-electron chi connectivity index (χ4n) is 2.66. The van der Waals surface area contributed by atoms with Crippen LogP contribution in [0.5, 0.6) is 0 Å². The van der Waals surface area contributed by atoms with Crippen molar-refractivity contribution in [3.05, 3.63) is 48.6 Å². The minimum absolute atomic E-state index is 0.0161. The molecule has 0 aromatic carbocycles. The van der Waals surface area contributed by atoms with Crippen LogP contribution in [0.4, 0.5) is 0 Å². The zero-order valence-electron chi connectivity index (χ0n) is 36.1. The Bertz CT molecular complexity index is 1050. The van der Waals surface area contributed by atoms with Crippen LogP contribution in [0.25, 0.3) is 0 Å². The maximum atomic E-state index is 11.1. The van der Waals surface area contributed by atoms with Crippen molar-refractivity contribution in [3.63, 3.8) is 0 Å². The third-order valence-corrected chi connectivity index (χ3v) is 5.66. The van der Waals surface area contributed by atoms with E-state index in [0.717, 1.165) is 0 Å². The number of rotatable bonds is 35. The highest BCUT2D eigenvalue weighted by molar-refractivity contribution is 5.87. The number of ether oxygens (including phenoxy) is 13. The fraction of sp³-hybridized carbons (Fsp3) is 0.700. The maximum absolute atomic E-state index is 11.1. The normalized spacial score (nSPS) is 9.98. The summed E-state index contributed by atoms with van der Waals surface area (Å²) in [5, 5.41) is 7.89. The molecule has 0 saturated carbocycles. The highest BCUT2D eigenvalue weighted by atomic mass is 16.7. The van der Waals surface area contributed by atoms with Gasteiger partial charge in [0.05, 0.1) is 119 Å². The lowest BCUT2D eigenvalue weighted by molar-refractivity contribution is -0.151. The lowest BCUT2D eigenvalue weighted by Crippen LogP contribution is -2.15. The zero-order chi connectivity index (χ0) is 44.7. The summed E-state index contributed by atoms with van der Waals surface area (Å²) in [6.07, 6.45) is 0. The molecule has 0 aliphatic heterocycles. The molecule has 18 heteroatoms. The van der Waals surface area contributed by atoms with E-state index in [1.807, 2.05) is 6.92 Å². The Kier molecular flexibility index (Phi) is 52.2. The van der Waals surface area contributed by atoms with Gasteiger partial charge in [0.1, 0.15) is 6.61 Å². The molecular formula is C40H72O18. The highest BCUT2D eigenvalue weighted by Gasteiger charge is 2.03. The van der Waals surface area contributed by atoms with Crippen LogP contribution in [0, 0.1) is 0 Å². The van der Waals surface area contributed by atoms with Gasteiger partial charge in [0, 0.05) is 36.0 Å². The van der Waals surface area contributed by atoms with Crippen molar-refractivity contribution in [3.8, 4) is 0 Å². The number of esters is 3. The molecule has 0 spiro atoms. The molecular weight excluding hydrogens is 768 g/mol. The number of aliphatic carboxylic acids is 1. The van der Waals surface area contributed by atoms with Gasteiger partial charge in [-0.3, -0.25) is 0 Å². The van der Waals surface area contributed by atoms with Gasteiger partial charge in [-0.15, -0.1) is 0 Å². The van der Waals surface area contributed by atoms with Gasteiger partial charge < -0.3 is 66.7 Å². The first-order valence-electron chi connectivity index (χ1n) is 18.7. The largest absolute Gasteiger partial charge is 0.478 e. The zero-order valence-corrected chi connectivity index (χ0v) is 36.1. The second-order valence-corrected chi connectivity index (χ2v) is 11.2. The number of hydrogen-bond donors (Lipinski definition) is 1. The molecule has 0 saturated heterocycles. The van der Waals surface area contributed by atoms with Crippen molar-refractivity contribution < 1.29 is 85.9 Å². The number of carbonyl (C=O) groups excluding carboxylic acids is 3. The van der Waals surface area contributed by atoms with E-state index in [2.05, 4.69) is 35.8 Å². The van der Waals surface area contributed by atoms with Gasteiger partial charge in [0.15, 0.2) is 6.79 Å². The minimum atomic E-state index is -0.935. The smallest absolute Gasteiger partial charge is 0.335 e. The third-order valence-electron chi connectivity index (χ3n) is 5.66. The van der Waals surface area contributed by atoms with Gasteiger partial charge in [-0.25, -0.2) is 19.2 Å². The Labute approximate surface area is 345 Å². The number of hydrogen-bond acceptors (Lipinski definition) is 17. The second kappa shape index (κ2) is 49.6. The summed E-state index contributed by atoms with van der Waals surface area (Å²) >= 11 is 0. The van der Waals surface area contributed by atoms with Gasteiger partial charge in [0.25, 0.3) is 0 Å². The van der Waals surface area contributed by atoms with Crippen molar-refractivity contribution in [2.24, 2.45) is 0 Å². The molecule has 18 nitrogen and oxygen atoms in total. The average molecular weight is 841 g/mol. The van der Waals surface area contributed by atoms with E-state index in [4.69, 9.17) is 57.2 Å². The fourth-order valence-corrected chi connectivity index (χ4v) is 2.66. The number of methoxy groups -OCH3 is 1. The Balaban J connectivity index is -0.000000486. The summed E-state index contributed by atoms with van der Waals surface area (Å²) in [4.78, 5) is 41.8. The number of carboxylic acid groups (broad SMARTS) is 1. The van der Waals surface area contributed by atoms with Crippen LogP contribution in [-0.4, -0.2) is 175 Å². The molecule has 0 aliphatic carbocycles. The summed E-state index contributed by atoms with van der Waals surface area (Å²) in [6, 6.07) is 0. The van der Waals surface area contributed by atoms with Gasteiger partial charge in [-0.1, -0.05) is 26.3 Å². The molecule has 0 atom stereocenters. The van der Waals surface area contributed by atoms with Crippen LogP contribution in [0.2, 0.25) is 0 Å². The van der Waals surface area contributed by atoms with Crippen LogP contribution in [-0.2, 0) is 80.8 Å². The van der Waals surface area contributed by atoms with Gasteiger partial charge in [-0.05, 0) is 41.5 Å². The van der Waals surface area contributed by atoms with E-state index in [-0.39, 0.29) is 24.9 Å². The molecule has 0 unspecified atom stereocenters. The molecule has 0 bridgehead atoms. The monoisotopic (exact) mass is 840 g/mol. The van der Waals surface area contributed by atoms with Gasteiger partial charge >= 0.3 is 23.9 Å². The predicted molar refractivity (Wildman–Crippen MR) is 215 cm³/mol. The Morgan fingerprint density at radius 3 is 0.862 bits per heavy atom. The van der Waals surface area contributed by atoms with Crippen molar-refractivity contribution in [2.75, 3.05) is 146 Å². The van der Waals surface area contributed by atoms with E-state index in [1.54, 1.807) is 34.8 Å². The molecule has 0 rings (SSSR count). The van der Waals surface area contributed by atoms with E-state index in [9.17, 15) is 19.2 Å². The minimum Gasteiger partial charge on any atom is -0.478 e. The van der Waals surface area contributed by atoms with Crippen LogP contribution in [0.1, 0.15) is 41.5 Å². The van der Waals surface area contributed by atoms with Crippen molar-refractivity contribution in [1.82, 2.24) is 0 Å². The summed E-state index contributed by atoms with van der Waals surface area (Å²) in [5.41, 5.74) is 1.39. The van der Waals surface area contributed by atoms with Gasteiger partial charge in [0.2, 0.25) is 0 Å². The molecule has 0 fully saturated rings. The number of carbonyl (C=O) groups is 4. The number of carboxylic acids is 1. The molecule has 0 heterocycles. The highest BCUT2D eigenvalue weighted by Crippen LogP contribution is 1.93. The van der Waals surface area contributed by atoms with E-state index < -0.39 is 17.9 Å². The molecule has 0 radical (unpaired) electrons. The predicted octanol–water partition coefficient (Wildman–Crippen LogP) is 3.76. The topological polar surface area (TPSA) is 208 Å². The lowest BCUT2D eigenvalue weighted by Gasteiger charge is -2.09. The molecule has 340 valence electrons. The van der Waals surface area contributed by atoms with Crippen molar-refractivity contribution >= 4 is 23.9 Å². The quantitative estimate of drug-likeness (QED) is 0.0317. The summed E-state index contributed by atoms with van der Waals surface area (Å²) < 4.78 is 66.7. The van der Waals surface area contributed by atoms with Crippen LogP contribution < -0.4 is 0 Å². The Hall–Kier alpha value is -3.56. The molecule has 0 aromatic heterocycles. The van der Waals surface area contributed by atoms with E-state index in [0.29, 0.717) is 142 Å². The van der Waals surface area contributed by atoms with Gasteiger partial charge in [-0.2, -0.15) is 0 Å². The molecule has 0 amide bonds. The summed E-state index contributed by atoms with van der Waals surface area (Å²) in [7, 11) is 1.64. The van der Waals surface area contributed by atoms with Crippen molar-refractivity contribution in [2.45, 2.75) is 41.5 Å². The van der Waals surface area contributed by atoms with E-state index >= 15 is 0 Å². The molecule has 1 N–H and O–H groups in total. The lowest BCUT2D eigenvalue weighted by atomic mass is 10.4. The molecule has 0 aromatic rings. The molecule has 0 aliphatic rings. The van der Waals surface area contributed by atoms with Crippen molar-refractivity contribution in [1.29, 1.82) is 0 Å². The summed E-state index contributed by atoms with van der Waals surface area (Å²) in [6.45, 7) is 33.0. The Morgan fingerprint density at radius 2 is 0.638 bits per heavy atom. The standard InChI is InChI=1S/C23H44O11.C7H12O3.C6H10O2.C4H6O2/c1-22(2)23(24)34-21-20-33-19-18-32-17-16-31-15-14-30-13-12-29-11-10-28-9-8-27-7-6-26-5-4-25-3;1-4-9-5-10-7(8)6(2)3;1-4-8-6(7)5(2)3;1-3(2)4(5)6/h1,4-21H2,2-3H3;2,4-5H2,1,3H3;2,4H2,1,3H3;1H2,2H3,(H,5,6). The molecule has 58 heavy (non-hydrogen) atoms. The average Bonchev–Trinajstić information content (AvgIpc) is 3.18. The maximum Gasteiger partial charge on any atom is 0.335 e. The second-order valence-electron chi connectivity index (χ2n) is 11.2. The first kappa shape index (κ1) is 61.1. The first-order valence-corrected chi connectivity index (χ1v) is 18.7. The van der Waals surface area contributed by atoms with Crippen LogP contribution in [0.15, 0.2) is 48.6 Å². The first-order chi connectivity index (χ1) is 27.7. The SMILES string of the molecule is C=C(C)C(=O)O.C=C(C)C(=O)OCC.C=C(C)C(=O)OCCOCCOCCOCCOCCOCCOCCOCCOCCOC.C=C(C)C(=O)OCOCC.